The summed E-state index contributed by atoms with van der Waals surface area (Å²) in [5.74, 6) is 0.406. The van der Waals surface area contributed by atoms with Gasteiger partial charge >= 0.3 is 0 Å². The summed E-state index contributed by atoms with van der Waals surface area (Å²) in [7, 11) is 2.19. The number of aromatic hydroxyl groups is 1. The minimum Gasteiger partial charge on any atom is -0.507 e. The first-order chi connectivity index (χ1) is 11.2. The van der Waals surface area contributed by atoms with E-state index in [0.29, 0.717) is 11.8 Å². The molecule has 1 atom stereocenters. The van der Waals surface area contributed by atoms with Gasteiger partial charge in [-0.15, -0.1) is 0 Å². The molecule has 2 aliphatic heterocycles. The van der Waals surface area contributed by atoms with Crippen molar-refractivity contribution in [1.82, 2.24) is 9.80 Å². The van der Waals surface area contributed by atoms with Gasteiger partial charge in [0.2, 0.25) is 0 Å². The monoisotopic (exact) mass is 326 g/mol. The molecular formula is C19H22N2OS. The molecular weight excluding hydrogens is 304 g/mol. The van der Waals surface area contributed by atoms with E-state index >= 15 is 0 Å². The van der Waals surface area contributed by atoms with Gasteiger partial charge in [0, 0.05) is 37.1 Å². The number of fused-ring (bicyclic) bond motifs is 2. The number of rotatable bonds is 1. The summed E-state index contributed by atoms with van der Waals surface area (Å²) in [5, 5.41) is 10.4. The highest BCUT2D eigenvalue weighted by Crippen LogP contribution is 2.46. The molecule has 0 aliphatic carbocycles. The van der Waals surface area contributed by atoms with Gasteiger partial charge in [0.05, 0.1) is 4.90 Å². The predicted molar refractivity (Wildman–Crippen MR) is 94.2 cm³/mol. The van der Waals surface area contributed by atoms with Gasteiger partial charge < -0.3 is 10.0 Å². The third kappa shape index (κ3) is 2.87. The Kier molecular flexibility index (Phi) is 4.05. The Morgan fingerprint density at radius 1 is 1.00 bits per heavy atom. The Morgan fingerprint density at radius 2 is 1.78 bits per heavy atom. The van der Waals surface area contributed by atoms with Gasteiger partial charge in [0.15, 0.2) is 0 Å². The molecule has 4 heteroatoms. The summed E-state index contributed by atoms with van der Waals surface area (Å²) in [6, 6.07) is 14.9. The zero-order chi connectivity index (χ0) is 15.8. The standard InChI is InChI=1S/C19H22N2OS/c1-20-9-11-21(12-10-20)16-13-14-5-2-3-8-18(14)23-19-15(16)6-4-7-17(19)22/h2-8,16,22H,9-13H2,1H3. The molecule has 2 aliphatic rings. The molecule has 2 heterocycles. The van der Waals surface area contributed by atoms with Gasteiger partial charge in [0.25, 0.3) is 0 Å². The second-order valence-corrected chi connectivity index (χ2v) is 7.52. The summed E-state index contributed by atoms with van der Waals surface area (Å²) in [6.45, 7) is 4.39. The number of likely N-dealkylation sites (N-methyl/N-ethyl adjacent to an activating group) is 1. The largest absolute Gasteiger partial charge is 0.507 e. The lowest BCUT2D eigenvalue weighted by Crippen LogP contribution is -2.46. The summed E-state index contributed by atoms with van der Waals surface area (Å²) in [5.41, 5.74) is 2.66. The lowest BCUT2D eigenvalue weighted by atomic mass is 9.96. The first-order valence-corrected chi connectivity index (χ1v) is 9.04. The molecule has 2 aromatic rings. The van der Waals surface area contributed by atoms with Crippen molar-refractivity contribution >= 4 is 11.8 Å². The average molecular weight is 326 g/mol. The second-order valence-electron chi connectivity index (χ2n) is 6.46. The van der Waals surface area contributed by atoms with Gasteiger partial charge in [0.1, 0.15) is 5.75 Å². The number of piperazine rings is 1. The maximum atomic E-state index is 10.4. The van der Waals surface area contributed by atoms with Crippen LogP contribution in [0.5, 0.6) is 5.75 Å². The van der Waals surface area contributed by atoms with Crippen molar-refractivity contribution in [2.75, 3.05) is 33.2 Å². The van der Waals surface area contributed by atoms with Crippen molar-refractivity contribution in [3.63, 3.8) is 0 Å². The fourth-order valence-electron chi connectivity index (χ4n) is 3.58. The van der Waals surface area contributed by atoms with Crippen molar-refractivity contribution in [3.05, 3.63) is 53.6 Å². The van der Waals surface area contributed by atoms with Gasteiger partial charge in [-0.3, -0.25) is 4.90 Å². The normalized spacial score (nSPS) is 22.2. The molecule has 0 aromatic heterocycles. The fourth-order valence-corrected chi connectivity index (χ4v) is 4.72. The van der Waals surface area contributed by atoms with Crippen molar-refractivity contribution in [2.24, 2.45) is 0 Å². The fraction of sp³-hybridized carbons (Fsp3) is 0.368. The Labute approximate surface area is 141 Å². The summed E-state index contributed by atoms with van der Waals surface area (Å²) >= 11 is 1.71. The van der Waals surface area contributed by atoms with E-state index in [9.17, 15) is 5.11 Å². The Morgan fingerprint density at radius 3 is 2.61 bits per heavy atom. The smallest absolute Gasteiger partial charge is 0.129 e. The third-order valence-corrected chi connectivity index (χ3v) is 6.23. The molecule has 0 bridgehead atoms. The zero-order valence-corrected chi connectivity index (χ0v) is 14.2. The first-order valence-electron chi connectivity index (χ1n) is 8.22. The maximum absolute atomic E-state index is 10.4. The number of nitrogens with zero attached hydrogens (tertiary/aromatic N) is 2. The minimum absolute atomic E-state index is 0.349. The summed E-state index contributed by atoms with van der Waals surface area (Å²) < 4.78 is 0. The van der Waals surface area contributed by atoms with Gasteiger partial charge in [-0.1, -0.05) is 42.1 Å². The van der Waals surface area contributed by atoms with Gasteiger partial charge in [-0.2, -0.15) is 0 Å². The Hall–Kier alpha value is -1.49. The molecule has 2 aromatic carbocycles. The van der Waals surface area contributed by atoms with Crippen molar-refractivity contribution in [3.8, 4) is 5.75 Å². The average Bonchev–Trinajstić information content (AvgIpc) is 2.73. The summed E-state index contributed by atoms with van der Waals surface area (Å²) in [4.78, 5) is 7.27. The quantitative estimate of drug-likeness (QED) is 0.869. The SMILES string of the molecule is CN1CCN(C2Cc3ccccc3Sc3c(O)cccc32)CC1. The number of hydrogen-bond acceptors (Lipinski definition) is 4. The van der Waals surface area contributed by atoms with Crippen LogP contribution in [0.3, 0.4) is 0 Å². The Balaban J connectivity index is 1.77. The van der Waals surface area contributed by atoms with Crippen LogP contribution in [0.25, 0.3) is 0 Å². The van der Waals surface area contributed by atoms with Crippen LogP contribution in [0.4, 0.5) is 0 Å². The molecule has 23 heavy (non-hydrogen) atoms. The molecule has 0 spiro atoms. The van der Waals surface area contributed by atoms with Crippen LogP contribution in [0.1, 0.15) is 17.2 Å². The van der Waals surface area contributed by atoms with Gasteiger partial charge in [-0.05, 0) is 36.7 Å². The number of benzene rings is 2. The van der Waals surface area contributed by atoms with E-state index in [1.165, 1.54) is 16.0 Å². The van der Waals surface area contributed by atoms with Crippen LogP contribution in [-0.4, -0.2) is 48.1 Å². The first kappa shape index (κ1) is 15.1. The van der Waals surface area contributed by atoms with Gasteiger partial charge in [-0.25, -0.2) is 0 Å². The van der Waals surface area contributed by atoms with E-state index in [-0.39, 0.29) is 0 Å². The predicted octanol–water partition coefficient (Wildman–Crippen LogP) is 3.39. The van der Waals surface area contributed by atoms with E-state index in [4.69, 9.17) is 0 Å². The lowest BCUT2D eigenvalue weighted by molar-refractivity contribution is 0.109. The van der Waals surface area contributed by atoms with Crippen LogP contribution >= 0.6 is 11.8 Å². The number of hydrogen-bond donors (Lipinski definition) is 1. The van der Waals surface area contributed by atoms with Crippen LogP contribution < -0.4 is 0 Å². The summed E-state index contributed by atoms with van der Waals surface area (Å²) in [6.07, 6.45) is 1.02. The van der Waals surface area contributed by atoms with Crippen molar-refractivity contribution < 1.29 is 5.11 Å². The molecule has 120 valence electrons. The highest BCUT2D eigenvalue weighted by molar-refractivity contribution is 7.99. The third-order valence-electron chi connectivity index (χ3n) is 4.96. The van der Waals surface area contributed by atoms with E-state index in [1.807, 2.05) is 6.07 Å². The number of phenols is 1. The molecule has 0 saturated carbocycles. The number of phenolic OH excluding ortho intramolecular Hbond substituents is 1. The van der Waals surface area contributed by atoms with Crippen LogP contribution in [0.15, 0.2) is 52.3 Å². The molecule has 1 fully saturated rings. The molecule has 1 N–H and O–H groups in total. The highest BCUT2D eigenvalue weighted by atomic mass is 32.2. The minimum atomic E-state index is 0.349. The molecule has 1 unspecified atom stereocenters. The molecule has 1 saturated heterocycles. The van der Waals surface area contributed by atoms with E-state index < -0.39 is 0 Å². The Bertz CT molecular complexity index is 710. The molecule has 0 radical (unpaired) electrons. The van der Waals surface area contributed by atoms with E-state index in [1.54, 1.807) is 17.8 Å². The van der Waals surface area contributed by atoms with E-state index in [2.05, 4.69) is 47.2 Å². The molecule has 0 amide bonds. The zero-order valence-electron chi connectivity index (χ0n) is 13.4. The van der Waals surface area contributed by atoms with Crippen LogP contribution in [0.2, 0.25) is 0 Å². The second kappa shape index (κ2) is 6.19. The topological polar surface area (TPSA) is 26.7 Å². The van der Waals surface area contributed by atoms with E-state index in [0.717, 1.165) is 37.5 Å². The molecule has 3 nitrogen and oxygen atoms in total. The highest BCUT2D eigenvalue weighted by Gasteiger charge is 2.30. The molecule has 4 rings (SSSR count). The lowest BCUT2D eigenvalue weighted by Gasteiger charge is -2.38. The van der Waals surface area contributed by atoms with Crippen LogP contribution in [0, 0.1) is 0 Å². The van der Waals surface area contributed by atoms with Crippen molar-refractivity contribution in [2.45, 2.75) is 22.3 Å². The van der Waals surface area contributed by atoms with Crippen LogP contribution in [-0.2, 0) is 6.42 Å². The maximum Gasteiger partial charge on any atom is 0.129 e. The van der Waals surface area contributed by atoms with Crippen molar-refractivity contribution in [1.29, 1.82) is 0 Å².